The second kappa shape index (κ2) is 10.7. The average molecular weight is 411 g/mol. The Kier molecular flexibility index (Phi) is 7.69. The van der Waals surface area contributed by atoms with Gasteiger partial charge in [0, 0.05) is 13.1 Å². The first kappa shape index (κ1) is 20.9. The number of rotatable bonds is 10. The highest BCUT2D eigenvalue weighted by molar-refractivity contribution is 7.99. The Labute approximate surface area is 175 Å². The average Bonchev–Trinajstić information content (AvgIpc) is 3.16. The number of benzene rings is 2. The summed E-state index contributed by atoms with van der Waals surface area (Å²) < 4.78 is 7.74. The minimum atomic E-state index is -0.00662. The van der Waals surface area contributed by atoms with E-state index in [0.29, 0.717) is 25.4 Å². The normalized spacial score (nSPS) is 10.7. The van der Waals surface area contributed by atoms with Crippen molar-refractivity contribution in [2.75, 3.05) is 18.9 Å². The Morgan fingerprint density at radius 1 is 1.07 bits per heavy atom. The van der Waals surface area contributed by atoms with Crippen LogP contribution in [0.15, 0.2) is 59.8 Å². The zero-order chi connectivity index (χ0) is 20.5. The Balaban J connectivity index is 1.60. The van der Waals surface area contributed by atoms with Crippen LogP contribution in [0.5, 0.6) is 5.75 Å². The van der Waals surface area contributed by atoms with Gasteiger partial charge in [0.25, 0.3) is 0 Å². The van der Waals surface area contributed by atoms with Gasteiger partial charge in [-0.05, 0) is 38.0 Å². The Bertz CT molecular complexity index is 928. The van der Waals surface area contributed by atoms with Gasteiger partial charge in [-0.1, -0.05) is 54.2 Å². The summed E-state index contributed by atoms with van der Waals surface area (Å²) in [5, 5.41) is 12.4. The summed E-state index contributed by atoms with van der Waals surface area (Å²) in [6.45, 7) is 5.92. The van der Waals surface area contributed by atoms with E-state index >= 15 is 0 Å². The van der Waals surface area contributed by atoms with Crippen molar-refractivity contribution in [3.05, 3.63) is 60.2 Å². The smallest absolute Gasteiger partial charge is 0.230 e. The molecule has 3 rings (SSSR count). The highest BCUT2D eigenvalue weighted by atomic mass is 32.2. The molecule has 0 unspecified atom stereocenters. The van der Waals surface area contributed by atoms with Crippen molar-refractivity contribution in [2.45, 2.75) is 32.0 Å². The first-order valence-corrected chi connectivity index (χ1v) is 10.8. The van der Waals surface area contributed by atoms with E-state index in [-0.39, 0.29) is 5.91 Å². The molecule has 0 bridgehead atoms. The van der Waals surface area contributed by atoms with Crippen molar-refractivity contribution in [2.24, 2.45) is 0 Å². The van der Waals surface area contributed by atoms with Crippen molar-refractivity contribution in [3.63, 3.8) is 0 Å². The summed E-state index contributed by atoms with van der Waals surface area (Å²) in [6.07, 6.45) is 0.820. The van der Waals surface area contributed by atoms with E-state index in [9.17, 15) is 4.79 Å². The van der Waals surface area contributed by atoms with Crippen LogP contribution in [-0.2, 0) is 17.8 Å². The van der Waals surface area contributed by atoms with Gasteiger partial charge in [-0.25, -0.2) is 0 Å². The summed E-state index contributed by atoms with van der Waals surface area (Å²) in [4.78, 5) is 12.2. The summed E-state index contributed by atoms with van der Waals surface area (Å²) in [6, 6.07) is 17.9. The lowest BCUT2D eigenvalue weighted by molar-refractivity contribution is -0.118. The fourth-order valence-electron chi connectivity index (χ4n) is 2.98. The molecule has 0 atom stereocenters. The third-order valence-electron chi connectivity index (χ3n) is 4.37. The molecule has 1 heterocycles. The maximum absolute atomic E-state index is 12.2. The van der Waals surface area contributed by atoms with Crippen LogP contribution >= 0.6 is 11.8 Å². The number of hydrogen-bond donors (Lipinski definition) is 1. The number of amides is 1. The van der Waals surface area contributed by atoms with Crippen molar-refractivity contribution in [3.8, 4) is 17.1 Å². The molecule has 6 nitrogen and oxygen atoms in total. The van der Waals surface area contributed by atoms with Crippen molar-refractivity contribution in [1.82, 2.24) is 20.1 Å². The van der Waals surface area contributed by atoms with Crippen LogP contribution in [0.3, 0.4) is 0 Å². The highest BCUT2D eigenvalue weighted by Gasteiger charge is 2.17. The first-order chi connectivity index (χ1) is 14.2. The third kappa shape index (κ3) is 5.60. The molecular weight excluding hydrogens is 384 g/mol. The maximum atomic E-state index is 12.2. The summed E-state index contributed by atoms with van der Waals surface area (Å²) in [7, 11) is 0. The topological polar surface area (TPSA) is 69.0 Å². The fraction of sp³-hybridized carbons (Fsp3) is 0.318. The molecule has 0 aliphatic carbocycles. The molecule has 0 saturated carbocycles. The number of carbonyl (C=O) groups excluding carboxylic acids is 1. The molecule has 0 aliphatic rings. The number of carbonyl (C=O) groups is 1. The van der Waals surface area contributed by atoms with E-state index in [0.717, 1.165) is 28.7 Å². The van der Waals surface area contributed by atoms with Gasteiger partial charge in [-0.2, -0.15) is 0 Å². The van der Waals surface area contributed by atoms with Gasteiger partial charge in [-0.3, -0.25) is 4.79 Å². The number of para-hydroxylation sites is 1. The summed E-state index contributed by atoms with van der Waals surface area (Å²) in [5.74, 6) is 1.84. The number of aromatic nitrogens is 3. The van der Waals surface area contributed by atoms with E-state index in [1.165, 1.54) is 17.3 Å². The number of nitrogens with one attached hydrogen (secondary N) is 1. The van der Waals surface area contributed by atoms with Crippen LogP contribution in [0, 0.1) is 0 Å². The molecule has 7 heteroatoms. The van der Waals surface area contributed by atoms with Gasteiger partial charge in [0.2, 0.25) is 5.91 Å². The van der Waals surface area contributed by atoms with Crippen LogP contribution in [0.25, 0.3) is 11.4 Å². The number of hydrogen-bond acceptors (Lipinski definition) is 5. The Morgan fingerprint density at radius 3 is 2.59 bits per heavy atom. The number of ether oxygens (including phenoxy) is 1. The van der Waals surface area contributed by atoms with Crippen LogP contribution < -0.4 is 10.1 Å². The summed E-state index contributed by atoms with van der Waals surface area (Å²) in [5.41, 5.74) is 2.12. The molecule has 1 amide bonds. The highest BCUT2D eigenvalue weighted by Crippen LogP contribution is 2.31. The zero-order valence-electron chi connectivity index (χ0n) is 16.8. The van der Waals surface area contributed by atoms with Crippen molar-refractivity contribution < 1.29 is 9.53 Å². The maximum Gasteiger partial charge on any atom is 0.230 e. The summed E-state index contributed by atoms with van der Waals surface area (Å²) >= 11 is 1.40. The largest absolute Gasteiger partial charge is 0.493 e. The van der Waals surface area contributed by atoms with Crippen LogP contribution in [0.2, 0.25) is 0 Å². The predicted octanol–water partition coefficient (Wildman–Crippen LogP) is 3.81. The van der Waals surface area contributed by atoms with E-state index in [2.05, 4.69) is 27.6 Å². The fourth-order valence-corrected chi connectivity index (χ4v) is 3.82. The molecular formula is C22H26N4O2S. The van der Waals surface area contributed by atoms with Crippen LogP contribution in [0.1, 0.15) is 19.4 Å². The molecule has 0 radical (unpaired) electrons. The van der Waals surface area contributed by atoms with Gasteiger partial charge in [0.1, 0.15) is 5.75 Å². The quantitative estimate of drug-likeness (QED) is 0.515. The molecule has 0 fully saturated rings. The number of nitrogens with zero attached hydrogens (tertiary/aromatic N) is 3. The Morgan fingerprint density at radius 2 is 1.83 bits per heavy atom. The lowest BCUT2D eigenvalue weighted by Gasteiger charge is -2.11. The molecule has 29 heavy (non-hydrogen) atoms. The Hall–Kier alpha value is -2.80. The second-order valence-corrected chi connectivity index (χ2v) is 7.30. The molecule has 1 N–H and O–H groups in total. The first-order valence-electron chi connectivity index (χ1n) is 9.81. The third-order valence-corrected chi connectivity index (χ3v) is 5.34. The molecule has 0 saturated heterocycles. The standard InChI is InChI=1S/C22H26N4O2S/c1-3-26-21(18-12-8-9-13-19(18)28-4-2)24-25-22(26)29-16-20(27)23-15-14-17-10-6-5-7-11-17/h5-13H,3-4,14-16H2,1-2H3,(H,23,27). The van der Waals surface area contributed by atoms with E-state index in [4.69, 9.17) is 4.74 Å². The SMILES string of the molecule is CCOc1ccccc1-c1nnc(SCC(=O)NCCc2ccccc2)n1CC. The molecule has 0 spiro atoms. The van der Waals surface area contributed by atoms with Crippen molar-refractivity contribution in [1.29, 1.82) is 0 Å². The molecule has 1 aromatic heterocycles. The van der Waals surface area contributed by atoms with E-state index in [1.54, 1.807) is 0 Å². The van der Waals surface area contributed by atoms with Gasteiger partial charge >= 0.3 is 0 Å². The number of thioether (sulfide) groups is 1. The minimum Gasteiger partial charge on any atom is -0.493 e. The zero-order valence-corrected chi connectivity index (χ0v) is 17.6. The van der Waals surface area contributed by atoms with Gasteiger partial charge < -0.3 is 14.6 Å². The lowest BCUT2D eigenvalue weighted by atomic mass is 10.1. The van der Waals surface area contributed by atoms with E-state index in [1.807, 2.05) is 60.9 Å². The monoisotopic (exact) mass is 410 g/mol. The van der Waals surface area contributed by atoms with Gasteiger partial charge in [0.15, 0.2) is 11.0 Å². The van der Waals surface area contributed by atoms with Crippen LogP contribution in [0.4, 0.5) is 0 Å². The molecule has 3 aromatic rings. The van der Waals surface area contributed by atoms with E-state index < -0.39 is 0 Å². The van der Waals surface area contributed by atoms with Crippen LogP contribution in [-0.4, -0.2) is 39.6 Å². The second-order valence-electron chi connectivity index (χ2n) is 6.35. The van der Waals surface area contributed by atoms with Crippen molar-refractivity contribution >= 4 is 17.7 Å². The minimum absolute atomic E-state index is 0.00662. The predicted molar refractivity (Wildman–Crippen MR) is 116 cm³/mol. The lowest BCUT2D eigenvalue weighted by Crippen LogP contribution is -2.27. The molecule has 152 valence electrons. The molecule has 2 aromatic carbocycles. The van der Waals surface area contributed by atoms with Gasteiger partial charge in [-0.15, -0.1) is 10.2 Å². The van der Waals surface area contributed by atoms with Gasteiger partial charge in [0.05, 0.1) is 17.9 Å². The molecule has 0 aliphatic heterocycles.